The lowest BCUT2D eigenvalue weighted by Gasteiger charge is -2.05. The maximum Gasteiger partial charge on any atom is 0.416 e. The van der Waals surface area contributed by atoms with Gasteiger partial charge in [-0.25, -0.2) is 0 Å². The second-order valence-electron chi connectivity index (χ2n) is 4.29. The molecular formula is C15H11F3N2S. The Morgan fingerprint density at radius 1 is 1.10 bits per heavy atom. The first-order valence-corrected chi connectivity index (χ1v) is 6.38. The average Bonchev–Trinajstić information content (AvgIpc) is 2.45. The van der Waals surface area contributed by atoms with Crippen LogP contribution < -0.4 is 5.73 Å². The molecule has 0 atom stereocenters. The molecule has 2 aromatic rings. The number of aromatic nitrogens is 1. The minimum atomic E-state index is -4.32. The number of benzene rings is 1. The molecule has 0 aliphatic heterocycles. The van der Waals surface area contributed by atoms with E-state index in [2.05, 4.69) is 4.98 Å². The first-order valence-electron chi connectivity index (χ1n) is 5.97. The zero-order valence-electron chi connectivity index (χ0n) is 10.8. The van der Waals surface area contributed by atoms with Gasteiger partial charge in [-0.3, -0.25) is 4.98 Å². The number of alkyl halides is 3. The molecule has 0 radical (unpaired) electrons. The van der Waals surface area contributed by atoms with Crippen molar-refractivity contribution in [2.45, 2.75) is 6.18 Å². The van der Waals surface area contributed by atoms with E-state index in [1.54, 1.807) is 30.5 Å². The molecule has 0 amide bonds. The van der Waals surface area contributed by atoms with E-state index in [1.165, 1.54) is 12.1 Å². The molecule has 0 aliphatic carbocycles. The van der Waals surface area contributed by atoms with Crippen LogP contribution in [-0.2, 0) is 6.18 Å². The number of pyridine rings is 1. The van der Waals surface area contributed by atoms with Crippen molar-refractivity contribution >= 4 is 29.4 Å². The van der Waals surface area contributed by atoms with Crippen LogP contribution in [0.4, 0.5) is 13.2 Å². The molecule has 0 bridgehead atoms. The lowest BCUT2D eigenvalue weighted by molar-refractivity contribution is -0.137. The highest BCUT2D eigenvalue weighted by Gasteiger charge is 2.29. The smallest absolute Gasteiger partial charge is 0.389 e. The van der Waals surface area contributed by atoms with Crippen LogP contribution in [0.1, 0.15) is 22.4 Å². The SMILES string of the molecule is NC(=S)c1ccnc(/C=C/c2ccc(C(F)(F)F)cc2)c1. The van der Waals surface area contributed by atoms with Crippen LogP contribution >= 0.6 is 12.2 Å². The predicted molar refractivity (Wildman–Crippen MR) is 80.5 cm³/mol. The summed E-state index contributed by atoms with van der Waals surface area (Å²) >= 11 is 4.87. The number of nitrogens with two attached hydrogens (primary N) is 1. The van der Waals surface area contributed by atoms with Crippen molar-refractivity contribution in [2.75, 3.05) is 0 Å². The van der Waals surface area contributed by atoms with E-state index in [4.69, 9.17) is 18.0 Å². The number of rotatable bonds is 3. The maximum atomic E-state index is 12.4. The molecule has 1 aromatic carbocycles. The second-order valence-corrected chi connectivity index (χ2v) is 4.73. The van der Waals surface area contributed by atoms with Crippen LogP contribution in [0, 0.1) is 0 Å². The summed E-state index contributed by atoms with van der Waals surface area (Å²) in [5.74, 6) is 0. The molecule has 0 spiro atoms. The second kappa shape index (κ2) is 6.05. The van der Waals surface area contributed by atoms with E-state index < -0.39 is 11.7 Å². The third-order valence-corrected chi connectivity index (χ3v) is 2.99. The van der Waals surface area contributed by atoms with Gasteiger partial charge in [-0.1, -0.05) is 30.4 Å². The number of hydrogen-bond donors (Lipinski definition) is 1. The highest BCUT2D eigenvalue weighted by Crippen LogP contribution is 2.29. The van der Waals surface area contributed by atoms with Gasteiger partial charge in [0, 0.05) is 11.8 Å². The van der Waals surface area contributed by atoms with Crippen LogP contribution in [0.2, 0.25) is 0 Å². The van der Waals surface area contributed by atoms with Gasteiger partial charge in [-0.05, 0) is 35.9 Å². The molecule has 0 unspecified atom stereocenters. The van der Waals surface area contributed by atoms with E-state index in [1.807, 2.05) is 0 Å². The average molecular weight is 308 g/mol. The van der Waals surface area contributed by atoms with Gasteiger partial charge in [0.1, 0.15) is 4.99 Å². The summed E-state index contributed by atoms with van der Waals surface area (Å²) < 4.78 is 37.3. The van der Waals surface area contributed by atoms with Gasteiger partial charge in [0.25, 0.3) is 0 Å². The van der Waals surface area contributed by atoms with Crippen LogP contribution in [0.25, 0.3) is 12.2 Å². The summed E-state index contributed by atoms with van der Waals surface area (Å²) in [6.07, 6.45) is 0.603. The fraction of sp³-hybridized carbons (Fsp3) is 0.0667. The Bertz CT molecular complexity index is 676. The van der Waals surface area contributed by atoms with Crippen molar-refractivity contribution in [3.63, 3.8) is 0 Å². The quantitative estimate of drug-likeness (QED) is 0.874. The normalized spacial score (nSPS) is 11.8. The van der Waals surface area contributed by atoms with Gasteiger partial charge >= 0.3 is 6.18 Å². The summed E-state index contributed by atoms with van der Waals surface area (Å²) in [4.78, 5) is 4.38. The van der Waals surface area contributed by atoms with Gasteiger partial charge in [0.2, 0.25) is 0 Å². The molecule has 108 valence electrons. The minimum absolute atomic E-state index is 0.265. The molecule has 21 heavy (non-hydrogen) atoms. The van der Waals surface area contributed by atoms with Crippen LogP contribution in [0.5, 0.6) is 0 Å². The topological polar surface area (TPSA) is 38.9 Å². The summed E-state index contributed by atoms with van der Waals surface area (Å²) in [6, 6.07) is 8.28. The Kier molecular flexibility index (Phi) is 4.37. The molecule has 1 aromatic heterocycles. The molecule has 1 heterocycles. The highest BCUT2D eigenvalue weighted by atomic mass is 32.1. The summed E-state index contributed by atoms with van der Waals surface area (Å²) in [7, 11) is 0. The molecule has 0 saturated heterocycles. The van der Waals surface area contributed by atoms with Crippen molar-refractivity contribution in [1.82, 2.24) is 4.98 Å². The van der Waals surface area contributed by atoms with Crippen LogP contribution in [0.15, 0.2) is 42.6 Å². The van der Waals surface area contributed by atoms with Crippen LogP contribution in [-0.4, -0.2) is 9.97 Å². The molecule has 0 saturated carbocycles. The van der Waals surface area contributed by atoms with Gasteiger partial charge < -0.3 is 5.73 Å². The molecule has 0 aliphatic rings. The molecular weight excluding hydrogens is 297 g/mol. The largest absolute Gasteiger partial charge is 0.416 e. The van der Waals surface area contributed by atoms with Crippen molar-refractivity contribution in [3.8, 4) is 0 Å². The van der Waals surface area contributed by atoms with E-state index in [-0.39, 0.29) is 4.99 Å². The maximum absolute atomic E-state index is 12.4. The molecule has 0 fully saturated rings. The summed E-state index contributed by atoms with van der Waals surface area (Å²) in [5, 5.41) is 0. The van der Waals surface area contributed by atoms with Gasteiger partial charge in [0.15, 0.2) is 0 Å². The summed E-state index contributed by atoms with van der Waals surface area (Å²) in [6.45, 7) is 0. The fourth-order valence-electron chi connectivity index (χ4n) is 1.66. The van der Waals surface area contributed by atoms with E-state index >= 15 is 0 Å². The standard InChI is InChI=1S/C15H11F3N2S/c16-15(17,18)12-4-1-10(2-5-12)3-6-13-9-11(14(19)21)7-8-20-13/h1-9H,(H2,19,21)/b6-3+. The number of nitrogens with zero attached hydrogens (tertiary/aromatic N) is 1. The fourth-order valence-corrected chi connectivity index (χ4v) is 1.78. The Morgan fingerprint density at radius 2 is 1.76 bits per heavy atom. The lowest BCUT2D eigenvalue weighted by Crippen LogP contribution is -2.09. The lowest BCUT2D eigenvalue weighted by atomic mass is 10.1. The van der Waals surface area contributed by atoms with Crippen molar-refractivity contribution in [3.05, 3.63) is 65.0 Å². The number of hydrogen-bond acceptors (Lipinski definition) is 2. The number of thiocarbonyl (C=S) groups is 1. The molecule has 2 nitrogen and oxygen atoms in total. The van der Waals surface area contributed by atoms with Crippen molar-refractivity contribution < 1.29 is 13.2 Å². The predicted octanol–water partition coefficient (Wildman–Crippen LogP) is 3.91. The molecule has 2 rings (SSSR count). The molecule has 6 heteroatoms. The Hall–Kier alpha value is -2.21. The van der Waals surface area contributed by atoms with E-state index in [0.717, 1.165) is 12.1 Å². The van der Waals surface area contributed by atoms with Crippen LogP contribution in [0.3, 0.4) is 0 Å². The molecule has 2 N–H and O–H groups in total. The third kappa shape index (κ3) is 4.13. The van der Waals surface area contributed by atoms with Gasteiger partial charge in [-0.2, -0.15) is 13.2 Å². The third-order valence-electron chi connectivity index (χ3n) is 2.75. The van der Waals surface area contributed by atoms with Crippen molar-refractivity contribution in [1.29, 1.82) is 0 Å². The zero-order chi connectivity index (χ0) is 15.5. The highest BCUT2D eigenvalue weighted by molar-refractivity contribution is 7.80. The monoisotopic (exact) mass is 308 g/mol. The van der Waals surface area contributed by atoms with Crippen molar-refractivity contribution in [2.24, 2.45) is 5.73 Å². The first kappa shape index (κ1) is 15.2. The zero-order valence-corrected chi connectivity index (χ0v) is 11.6. The number of halogens is 3. The Morgan fingerprint density at radius 3 is 2.33 bits per heavy atom. The van der Waals surface area contributed by atoms with Gasteiger partial charge in [-0.15, -0.1) is 0 Å². The van der Waals surface area contributed by atoms with Gasteiger partial charge in [0.05, 0.1) is 11.3 Å². The Labute approximate surface area is 125 Å². The Balaban J connectivity index is 2.18. The van der Waals surface area contributed by atoms with E-state index in [9.17, 15) is 13.2 Å². The minimum Gasteiger partial charge on any atom is -0.389 e. The first-order chi connectivity index (χ1) is 9.86. The van der Waals surface area contributed by atoms with E-state index in [0.29, 0.717) is 16.8 Å². The summed E-state index contributed by atoms with van der Waals surface area (Å²) in [5.41, 5.74) is 6.80.